The van der Waals surface area contributed by atoms with E-state index in [0.717, 1.165) is 19.3 Å². The lowest BCUT2D eigenvalue weighted by Crippen LogP contribution is -2.29. The number of halogens is 1. The van der Waals surface area contributed by atoms with Gasteiger partial charge in [-0.3, -0.25) is 4.79 Å². The highest BCUT2D eigenvalue weighted by Gasteiger charge is 2.19. The average molecular weight is 382 g/mol. The molecule has 108 valence electrons. The lowest BCUT2D eigenvalue weighted by Gasteiger charge is -2.20. The molecular formula is C15H12BrNO2S2. The van der Waals surface area contributed by atoms with E-state index in [1.54, 1.807) is 17.6 Å². The van der Waals surface area contributed by atoms with E-state index in [2.05, 4.69) is 15.9 Å². The summed E-state index contributed by atoms with van der Waals surface area (Å²) in [6, 6.07) is 11.5. The van der Waals surface area contributed by atoms with Crippen LogP contribution >= 0.6 is 38.6 Å². The first kappa shape index (κ1) is 14.6. The van der Waals surface area contributed by atoms with Gasteiger partial charge in [0.1, 0.15) is 5.76 Å². The summed E-state index contributed by atoms with van der Waals surface area (Å²) in [4.78, 5) is 16.4. The number of amides is 1. The molecule has 21 heavy (non-hydrogen) atoms. The molecule has 3 heterocycles. The second kappa shape index (κ2) is 6.60. The molecule has 0 unspecified atom stereocenters. The summed E-state index contributed by atoms with van der Waals surface area (Å²) >= 11 is 6.50. The maximum Gasteiger partial charge on any atom is 0.264 e. The zero-order valence-corrected chi connectivity index (χ0v) is 14.2. The molecule has 6 heteroatoms. The fourth-order valence-electron chi connectivity index (χ4n) is 1.97. The van der Waals surface area contributed by atoms with Crippen molar-refractivity contribution >= 4 is 44.5 Å². The van der Waals surface area contributed by atoms with E-state index in [1.165, 1.54) is 11.3 Å². The molecule has 1 amide bonds. The first-order valence-corrected chi connectivity index (χ1v) is 8.80. The van der Waals surface area contributed by atoms with Crippen LogP contribution in [0, 0.1) is 0 Å². The summed E-state index contributed by atoms with van der Waals surface area (Å²) in [5.74, 6) is 0.811. The summed E-state index contributed by atoms with van der Waals surface area (Å²) < 4.78 is 6.34. The van der Waals surface area contributed by atoms with Crippen LogP contribution in [0.4, 0.5) is 0 Å². The van der Waals surface area contributed by atoms with Crippen LogP contribution < -0.4 is 0 Å². The molecule has 3 aromatic heterocycles. The Labute approximate surface area is 139 Å². The van der Waals surface area contributed by atoms with Crippen LogP contribution in [0.2, 0.25) is 0 Å². The average Bonchev–Trinajstić information content (AvgIpc) is 3.19. The topological polar surface area (TPSA) is 33.5 Å². The highest BCUT2D eigenvalue weighted by Crippen LogP contribution is 2.25. The standard InChI is InChI=1S/C15H12BrNO2S2/c16-14-6-5-13(21-14)15(18)17(9-11-3-1-7-19-11)10-12-4-2-8-20-12/h1-8H,9-10H2. The van der Waals surface area contributed by atoms with Gasteiger partial charge in [0.05, 0.1) is 28.0 Å². The van der Waals surface area contributed by atoms with Crippen molar-refractivity contribution < 1.29 is 9.21 Å². The van der Waals surface area contributed by atoms with Gasteiger partial charge in [0.2, 0.25) is 0 Å². The van der Waals surface area contributed by atoms with E-state index >= 15 is 0 Å². The number of furan rings is 1. The summed E-state index contributed by atoms with van der Waals surface area (Å²) in [7, 11) is 0. The molecule has 0 N–H and O–H groups in total. The van der Waals surface area contributed by atoms with Gasteiger partial charge < -0.3 is 9.32 Å². The van der Waals surface area contributed by atoms with Crippen molar-refractivity contribution in [1.82, 2.24) is 4.90 Å². The number of carbonyl (C=O) groups is 1. The molecule has 0 saturated carbocycles. The predicted octanol–water partition coefficient (Wildman–Crippen LogP) is 5.01. The number of hydrogen-bond donors (Lipinski definition) is 0. The van der Waals surface area contributed by atoms with Crippen molar-refractivity contribution in [2.45, 2.75) is 13.1 Å². The van der Waals surface area contributed by atoms with Gasteiger partial charge in [-0.2, -0.15) is 0 Å². The van der Waals surface area contributed by atoms with Gasteiger partial charge in [0.25, 0.3) is 5.91 Å². The zero-order chi connectivity index (χ0) is 14.7. The van der Waals surface area contributed by atoms with Crippen LogP contribution in [0.5, 0.6) is 0 Å². The molecular weight excluding hydrogens is 370 g/mol. The third kappa shape index (κ3) is 3.64. The minimum atomic E-state index is 0.0236. The summed E-state index contributed by atoms with van der Waals surface area (Å²) in [5.41, 5.74) is 0. The van der Waals surface area contributed by atoms with Gasteiger partial charge in [-0.05, 0) is 51.6 Å². The van der Waals surface area contributed by atoms with Crippen LogP contribution in [0.25, 0.3) is 0 Å². The number of rotatable bonds is 5. The van der Waals surface area contributed by atoms with Crippen molar-refractivity contribution in [3.8, 4) is 0 Å². The van der Waals surface area contributed by atoms with Gasteiger partial charge in [-0.25, -0.2) is 0 Å². The largest absolute Gasteiger partial charge is 0.467 e. The van der Waals surface area contributed by atoms with E-state index in [4.69, 9.17) is 4.42 Å². The van der Waals surface area contributed by atoms with Gasteiger partial charge >= 0.3 is 0 Å². The Morgan fingerprint density at radius 3 is 2.71 bits per heavy atom. The Bertz CT molecular complexity index is 668. The molecule has 0 atom stereocenters. The van der Waals surface area contributed by atoms with E-state index in [0.29, 0.717) is 13.1 Å². The maximum absolute atomic E-state index is 12.7. The van der Waals surface area contributed by atoms with Gasteiger partial charge in [-0.1, -0.05) is 6.07 Å². The number of thiophene rings is 2. The second-order valence-corrected chi connectivity index (χ2v) is 7.92. The molecule has 3 aromatic rings. The number of hydrogen-bond acceptors (Lipinski definition) is 4. The Balaban J connectivity index is 1.82. The molecule has 0 radical (unpaired) electrons. The Morgan fingerprint density at radius 1 is 1.19 bits per heavy atom. The molecule has 0 aromatic carbocycles. The molecule has 0 saturated heterocycles. The van der Waals surface area contributed by atoms with E-state index < -0.39 is 0 Å². The van der Waals surface area contributed by atoms with E-state index in [-0.39, 0.29) is 5.91 Å². The maximum atomic E-state index is 12.7. The summed E-state index contributed by atoms with van der Waals surface area (Å²) in [6.45, 7) is 1.06. The van der Waals surface area contributed by atoms with Crippen LogP contribution in [-0.2, 0) is 13.1 Å². The SMILES string of the molecule is O=C(c1ccc(Br)s1)N(Cc1ccco1)Cc1cccs1. The van der Waals surface area contributed by atoms with Gasteiger partial charge in [-0.15, -0.1) is 22.7 Å². The molecule has 0 aliphatic carbocycles. The van der Waals surface area contributed by atoms with Crippen molar-refractivity contribution in [1.29, 1.82) is 0 Å². The first-order valence-electron chi connectivity index (χ1n) is 6.32. The molecule has 0 fully saturated rings. The lowest BCUT2D eigenvalue weighted by molar-refractivity contribution is 0.0724. The van der Waals surface area contributed by atoms with Crippen LogP contribution in [0.1, 0.15) is 20.3 Å². The fraction of sp³-hybridized carbons (Fsp3) is 0.133. The smallest absolute Gasteiger partial charge is 0.264 e. The highest BCUT2D eigenvalue weighted by molar-refractivity contribution is 9.11. The fourth-order valence-corrected chi connectivity index (χ4v) is 4.04. The molecule has 0 spiro atoms. The van der Waals surface area contributed by atoms with Crippen LogP contribution in [0.15, 0.2) is 56.2 Å². The molecule has 3 rings (SSSR count). The summed E-state index contributed by atoms with van der Waals surface area (Å²) in [5, 5.41) is 2.02. The molecule has 0 aliphatic heterocycles. The summed E-state index contributed by atoms with van der Waals surface area (Å²) in [6.07, 6.45) is 1.63. The first-order chi connectivity index (χ1) is 10.2. The van der Waals surface area contributed by atoms with Crippen molar-refractivity contribution in [2.75, 3.05) is 0 Å². The monoisotopic (exact) mass is 381 g/mol. The zero-order valence-electron chi connectivity index (χ0n) is 11.0. The number of carbonyl (C=O) groups excluding carboxylic acids is 1. The highest BCUT2D eigenvalue weighted by atomic mass is 79.9. The van der Waals surface area contributed by atoms with Crippen molar-refractivity contribution in [3.63, 3.8) is 0 Å². The van der Waals surface area contributed by atoms with Gasteiger partial charge in [0.15, 0.2) is 0 Å². The van der Waals surface area contributed by atoms with Crippen molar-refractivity contribution in [2.24, 2.45) is 0 Å². The van der Waals surface area contributed by atoms with Crippen LogP contribution in [-0.4, -0.2) is 10.8 Å². The van der Waals surface area contributed by atoms with Crippen molar-refractivity contribution in [3.05, 3.63) is 67.3 Å². The third-order valence-corrected chi connectivity index (χ3v) is 5.40. The quantitative estimate of drug-likeness (QED) is 0.622. The molecule has 3 nitrogen and oxygen atoms in total. The minimum absolute atomic E-state index is 0.0236. The molecule has 0 bridgehead atoms. The predicted molar refractivity (Wildman–Crippen MR) is 88.6 cm³/mol. The van der Waals surface area contributed by atoms with Gasteiger partial charge in [0, 0.05) is 4.88 Å². The van der Waals surface area contributed by atoms with E-state index in [1.807, 2.05) is 46.7 Å². The normalized spacial score (nSPS) is 10.7. The minimum Gasteiger partial charge on any atom is -0.467 e. The number of nitrogens with zero attached hydrogens (tertiary/aromatic N) is 1. The Kier molecular flexibility index (Phi) is 4.57. The molecule has 0 aliphatic rings. The van der Waals surface area contributed by atoms with E-state index in [9.17, 15) is 4.79 Å². The Morgan fingerprint density at radius 2 is 2.10 bits per heavy atom. The lowest BCUT2D eigenvalue weighted by atomic mass is 10.3. The van der Waals surface area contributed by atoms with Crippen LogP contribution in [0.3, 0.4) is 0 Å². The second-order valence-electron chi connectivity index (χ2n) is 4.42. The third-order valence-electron chi connectivity index (χ3n) is 2.92. The Hall–Kier alpha value is -1.37.